The summed E-state index contributed by atoms with van der Waals surface area (Å²) in [6.07, 6.45) is 0. The third-order valence-electron chi connectivity index (χ3n) is 5.05. The number of ether oxygens (including phenoxy) is 1. The van der Waals surface area contributed by atoms with E-state index in [9.17, 15) is 0 Å². The van der Waals surface area contributed by atoms with Crippen molar-refractivity contribution in [2.45, 2.75) is 18.3 Å². The summed E-state index contributed by atoms with van der Waals surface area (Å²) >= 11 is 0. The van der Waals surface area contributed by atoms with Crippen LogP contribution in [0.1, 0.15) is 22.7 Å². The quantitative estimate of drug-likeness (QED) is 0.775. The average Bonchev–Trinajstić information content (AvgIpc) is 2.70. The minimum Gasteiger partial charge on any atom is -0.353 e. The smallest absolute Gasteiger partial charge is 0.155 e. The second-order valence-corrected chi connectivity index (χ2v) is 6.88. The van der Waals surface area contributed by atoms with Crippen molar-refractivity contribution in [3.63, 3.8) is 0 Å². The molecule has 1 fully saturated rings. The SMILES string of the molecule is N[C@]1(c2ccccc2)CN(Cc2ccccc2)[C@H](c2ccccc2)CO1. The Labute approximate surface area is 155 Å². The molecule has 0 radical (unpaired) electrons. The summed E-state index contributed by atoms with van der Waals surface area (Å²) in [6, 6.07) is 31.4. The molecule has 1 aliphatic heterocycles. The molecule has 3 nitrogen and oxygen atoms in total. The van der Waals surface area contributed by atoms with E-state index in [0.717, 1.165) is 12.1 Å². The Morgan fingerprint density at radius 1 is 0.846 bits per heavy atom. The normalized spacial score (nSPS) is 23.7. The van der Waals surface area contributed by atoms with Gasteiger partial charge in [0, 0.05) is 13.1 Å². The Bertz CT molecular complexity index is 823. The molecule has 0 amide bonds. The van der Waals surface area contributed by atoms with Gasteiger partial charge in [0.25, 0.3) is 0 Å². The van der Waals surface area contributed by atoms with Gasteiger partial charge in [0.15, 0.2) is 5.72 Å². The number of nitrogens with two attached hydrogens (primary N) is 1. The molecule has 0 bridgehead atoms. The summed E-state index contributed by atoms with van der Waals surface area (Å²) in [5.41, 5.74) is 9.47. The lowest BCUT2D eigenvalue weighted by molar-refractivity contribution is -0.141. The summed E-state index contributed by atoms with van der Waals surface area (Å²) in [5.74, 6) is 0. The van der Waals surface area contributed by atoms with Crippen molar-refractivity contribution in [2.75, 3.05) is 13.2 Å². The van der Waals surface area contributed by atoms with E-state index in [4.69, 9.17) is 10.5 Å². The molecule has 26 heavy (non-hydrogen) atoms. The molecule has 2 N–H and O–H groups in total. The largest absolute Gasteiger partial charge is 0.353 e. The molecule has 0 saturated carbocycles. The van der Waals surface area contributed by atoms with Gasteiger partial charge in [0.2, 0.25) is 0 Å². The van der Waals surface area contributed by atoms with E-state index in [2.05, 4.69) is 59.5 Å². The monoisotopic (exact) mass is 344 g/mol. The number of morpholine rings is 1. The molecule has 0 unspecified atom stereocenters. The Morgan fingerprint density at radius 2 is 1.42 bits per heavy atom. The molecule has 0 spiro atoms. The summed E-state index contributed by atoms with van der Waals surface area (Å²) in [5, 5.41) is 0. The highest BCUT2D eigenvalue weighted by molar-refractivity contribution is 5.26. The average molecular weight is 344 g/mol. The van der Waals surface area contributed by atoms with Crippen molar-refractivity contribution >= 4 is 0 Å². The molecule has 3 aromatic carbocycles. The van der Waals surface area contributed by atoms with Crippen LogP contribution in [0.5, 0.6) is 0 Å². The van der Waals surface area contributed by atoms with Crippen molar-refractivity contribution in [3.05, 3.63) is 108 Å². The molecule has 3 aromatic rings. The topological polar surface area (TPSA) is 38.5 Å². The van der Waals surface area contributed by atoms with Crippen molar-refractivity contribution in [3.8, 4) is 0 Å². The van der Waals surface area contributed by atoms with Gasteiger partial charge in [0.1, 0.15) is 0 Å². The van der Waals surface area contributed by atoms with Gasteiger partial charge in [-0.15, -0.1) is 0 Å². The first-order valence-corrected chi connectivity index (χ1v) is 9.06. The maximum Gasteiger partial charge on any atom is 0.155 e. The minimum atomic E-state index is -0.790. The van der Waals surface area contributed by atoms with Gasteiger partial charge in [-0.1, -0.05) is 91.0 Å². The van der Waals surface area contributed by atoms with E-state index in [-0.39, 0.29) is 6.04 Å². The van der Waals surface area contributed by atoms with Gasteiger partial charge >= 0.3 is 0 Å². The first-order valence-electron chi connectivity index (χ1n) is 9.06. The van der Waals surface area contributed by atoms with Crippen molar-refractivity contribution in [1.82, 2.24) is 4.90 Å². The Balaban J connectivity index is 1.64. The maximum absolute atomic E-state index is 6.70. The van der Waals surface area contributed by atoms with Gasteiger partial charge in [0.05, 0.1) is 12.6 Å². The zero-order chi connectivity index (χ0) is 17.8. The molecule has 4 rings (SSSR count). The van der Waals surface area contributed by atoms with Gasteiger partial charge in [-0.3, -0.25) is 10.6 Å². The van der Waals surface area contributed by atoms with Gasteiger partial charge < -0.3 is 4.74 Å². The van der Waals surface area contributed by atoms with Gasteiger partial charge in [-0.05, 0) is 16.7 Å². The van der Waals surface area contributed by atoms with E-state index in [0.29, 0.717) is 13.2 Å². The predicted octanol–water partition coefficient (Wildman–Crippen LogP) is 4.07. The maximum atomic E-state index is 6.70. The first kappa shape index (κ1) is 17.0. The number of hydrogen-bond donors (Lipinski definition) is 1. The standard InChI is InChI=1S/C23H24N2O/c24-23(21-14-8-3-9-15-21)18-25(16-19-10-4-1-5-11-19)22(17-26-23)20-12-6-2-7-13-20/h1-15,22H,16-18,24H2/t22-,23+/m0/s1. The third-order valence-corrected chi connectivity index (χ3v) is 5.05. The Kier molecular flexibility index (Phi) is 4.85. The molecule has 1 aliphatic rings. The van der Waals surface area contributed by atoms with Gasteiger partial charge in [-0.25, -0.2) is 0 Å². The lowest BCUT2D eigenvalue weighted by Gasteiger charge is -2.45. The fourth-order valence-corrected chi connectivity index (χ4v) is 3.65. The zero-order valence-electron chi connectivity index (χ0n) is 14.8. The van der Waals surface area contributed by atoms with E-state index in [1.807, 2.05) is 36.4 Å². The van der Waals surface area contributed by atoms with Gasteiger partial charge in [-0.2, -0.15) is 0 Å². The Hall–Kier alpha value is -2.46. The first-order chi connectivity index (χ1) is 12.7. The summed E-state index contributed by atoms with van der Waals surface area (Å²) in [4.78, 5) is 2.43. The lowest BCUT2D eigenvalue weighted by Crippen LogP contribution is -2.56. The molecular formula is C23H24N2O. The Morgan fingerprint density at radius 3 is 2.08 bits per heavy atom. The van der Waals surface area contributed by atoms with Crippen molar-refractivity contribution < 1.29 is 4.74 Å². The summed E-state index contributed by atoms with van der Waals surface area (Å²) < 4.78 is 6.22. The van der Waals surface area contributed by atoms with E-state index < -0.39 is 5.72 Å². The highest BCUT2D eigenvalue weighted by atomic mass is 16.5. The van der Waals surface area contributed by atoms with Crippen LogP contribution in [0, 0.1) is 0 Å². The van der Waals surface area contributed by atoms with Crippen LogP contribution in [-0.2, 0) is 17.0 Å². The molecule has 132 valence electrons. The third kappa shape index (κ3) is 3.56. The predicted molar refractivity (Wildman–Crippen MR) is 104 cm³/mol. The molecule has 1 saturated heterocycles. The highest BCUT2D eigenvalue weighted by Crippen LogP contribution is 2.34. The highest BCUT2D eigenvalue weighted by Gasteiger charge is 2.39. The number of nitrogens with zero attached hydrogens (tertiary/aromatic N) is 1. The fraction of sp³-hybridized carbons (Fsp3) is 0.217. The van der Waals surface area contributed by atoms with Crippen LogP contribution >= 0.6 is 0 Å². The molecule has 1 heterocycles. The zero-order valence-corrected chi connectivity index (χ0v) is 14.8. The van der Waals surface area contributed by atoms with Crippen LogP contribution in [0.3, 0.4) is 0 Å². The van der Waals surface area contributed by atoms with E-state index in [1.54, 1.807) is 0 Å². The second kappa shape index (κ2) is 7.42. The van der Waals surface area contributed by atoms with E-state index >= 15 is 0 Å². The van der Waals surface area contributed by atoms with Crippen molar-refractivity contribution in [2.24, 2.45) is 5.73 Å². The second-order valence-electron chi connectivity index (χ2n) is 6.88. The van der Waals surface area contributed by atoms with Crippen LogP contribution in [0.15, 0.2) is 91.0 Å². The van der Waals surface area contributed by atoms with Crippen LogP contribution in [-0.4, -0.2) is 18.1 Å². The molecular weight excluding hydrogens is 320 g/mol. The fourth-order valence-electron chi connectivity index (χ4n) is 3.65. The molecule has 2 atom stereocenters. The van der Waals surface area contributed by atoms with Crippen LogP contribution in [0.25, 0.3) is 0 Å². The van der Waals surface area contributed by atoms with Crippen LogP contribution in [0.2, 0.25) is 0 Å². The summed E-state index contributed by atoms with van der Waals surface area (Å²) in [6.45, 7) is 2.06. The summed E-state index contributed by atoms with van der Waals surface area (Å²) in [7, 11) is 0. The molecule has 0 aromatic heterocycles. The minimum absolute atomic E-state index is 0.191. The molecule has 0 aliphatic carbocycles. The van der Waals surface area contributed by atoms with Crippen LogP contribution < -0.4 is 5.73 Å². The van der Waals surface area contributed by atoms with Crippen LogP contribution in [0.4, 0.5) is 0 Å². The lowest BCUT2D eigenvalue weighted by atomic mass is 9.96. The van der Waals surface area contributed by atoms with E-state index in [1.165, 1.54) is 11.1 Å². The van der Waals surface area contributed by atoms with Crippen molar-refractivity contribution in [1.29, 1.82) is 0 Å². The number of hydrogen-bond acceptors (Lipinski definition) is 3. The number of benzene rings is 3. The molecule has 3 heteroatoms. The number of rotatable bonds is 4.